The molecule has 1 aliphatic heterocycles. The molecular formula is C6H12FeO7. The monoisotopic (exact) mass is 252 g/mol. The van der Waals surface area contributed by atoms with Crippen LogP contribution in [0.25, 0.3) is 0 Å². The smallest absolute Gasteiger partial charge is 2.00 e. The van der Waals surface area contributed by atoms with E-state index in [0.29, 0.717) is 0 Å². The Morgan fingerprint density at radius 1 is 0.929 bits per heavy atom. The maximum Gasteiger partial charge on any atom is 2.00 e. The Labute approximate surface area is 90.7 Å². The molecule has 14 heavy (non-hydrogen) atoms. The maximum atomic E-state index is 9.12. The molecule has 86 valence electrons. The Bertz CT molecular complexity index is 152. The molecule has 0 saturated carbocycles. The first-order valence-corrected chi connectivity index (χ1v) is 3.56. The van der Waals surface area contributed by atoms with Crippen molar-refractivity contribution in [1.29, 1.82) is 0 Å². The van der Waals surface area contributed by atoms with Crippen molar-refractivity contribution in [3.63, 3.8) is 0 Å². The molecule has 1 rings (SSSR count). The fourth-order valence-electron chi connectivity index (χ4n) is 1.08. The summed E-state index contributed by atoms with van der Waals surface area (Å²) in [4.78, 5) is 0. The standard InChI is InChI=1S/C6H12O6.Fe.O/c7-1-2-3(8)4(9)5(10)6(11)12-2;;/h2-11H,1H2;;/q;+2;-2/t2-,3-,4+,5+,6?;;/m1../s1. The van der Waals surface area contributed by atoms with E-state index in [1.165, 1.54) is 0 Å². The van der Waals surface area contributed by atoms with E-state index in [1.807, 2.05) is 0 Å². The molecule has 0 bridgehead atoms. The average Bonchev–Trinajstić information content (AvgIpc) is 2.08. The van der Waals surface area contributed by atoms with Gasteiger partial charge in [0.05, 0.1) is 6.61 Å². The second-order valence-electron chi connectivity index (χ2n) is 2.72. The zero-order valence-corrected chi connectivity index (χ0v) is 8.10. The van der Waals surface area contributed by atoms with Crippen molar-refractivity contribution < 1.29 is 52.8 Å². The normalized spacial score (nSPS) is 42.2. The van der Waals surface area contributed by atoms with Gasteiger partial charge in [0.1, 0.15) is 24.4 Å². The third-order valence-corrected chi connectivity index (χ3v) is 1.87. The van der Waals surface area contributed by atoms with Crippen LogP contribution in [-0.2, 0) is 27.3 Å². The quantitative estimate of drug-likeness (QED) is 0.309. The van der Waals surface area contributed by atoms with E-state index >= 15 is 0 Å². The molecule has 0 spiro atoms. The largest absolute Gasteiger partial charge is 2.00 e. The molecule has 1 unspecified atom stereocenters. The van der Waals surface area contributed by atoms with Gasteiger partial charge in [-0.2, -0.15) is 0 Å². The summed E-state index contributed by atoms with van der Waals surface area (Å²) in [5.74, 6) is 0. The summed E-state index contributed by atoms with van der Waals surface area (Å²) in [5.41, 5.74) is 0. The van der Waals surface area contributed by atoms with Gasteiger partial charge in [0.2, 0.25) is 0 Å². The number of aliphatic hydroxyl groups is 5. The van der Waals surface area contributed by atoms with E-state index < -0.39 is 37.3 Å². The van der Waals surface area contributed by atoms with Crippen LogP contribution in [0.2, 0.25) is 0 Å². The minimum absolute atomic E-state index is 0. The van der Waals surface area contributed by atoms with Crippen molar-refractivity contribution in [2.24, 2.45) is 0 Å². The molecular weight excluding hydrogens is 240 g/mol. The third kappa shape index (κ3) is 3.13. The summed E-state index contributed by atoms with van der Waals surface area (Å²) in [6.45, 7) is -0.526. The van der Waals surface area contributed by atoms with Gasteiger partial charge < -0.3 is 35.7 Å². The summed E-state index contributed by atoms with van der Waals surface area (Å²) >= 11 is 0. The number of ether oxygens (including phenoxy) is 1. The van der Waals surface area contributed by atoms with Gasteiger partial charge in [-0.15, -0.1) is 0 Å². The number of hydrogen-bond donors (Lipinski definition) is 5. The molecule has 7 nitrogen and oxygen atoms in total. The molecule has 1 fully saturated rings. The Balaban J connectivity index is 0. The molecule has 1 saturated heterocycles. The molecule has 5 atom stereocenters. The van der Waals surface area contributed by atoms with Gasteiger partial charge in [-0.1, -0.05) is 0 Å². The van der Waals surface area contributed by atoms with Crippen molar-refractivity contribution >= 4 is 0 Å². The van der Waals surface area contributed by atoms with E-state index in [2.05, 4.69) is 4.74 Å². The first kappa shape index (κ1) is 16.7. The van der Waals surface area contributed by atoms with Crippen LogP contribution in [0.15, 0.2) is 0 Å². The fourth-order valence-corrected chi connectivity index (χ4v) is 1.08. The van der Waals surface area contributed by atoms with E-state index in [4.69, 9.17) is 25.5 Å². The van der Waals surface area contributed by atoms with Crippen molar-refractivity contribution in [2.75, 3.05) is 6.61 Å². The molecule has 1 aliphatic rings. The average molecular weight is 252 g/mol. The maximum absolute atomic E-state index is 9.12. The summed E-state index contributed by atoms with van der Waals surface area (Å²) in [6.07, 6.45) is -7.04. The minimum atomic E-state index is -1.57. The molecule has 1 heterocycles. The van der Waals surface area contributed by atoms with Crippen molar-refractivity contribution in [1.82, 2.24) is 0 Å². The minimum Gasteiger partial charge on any atom is -2.00 e. The summed E-state index contributed by atoms with van der Waals surface area (Å²) in [5, 5.41) is 44.7. The second-order valence-corrected chi connectivity index (χ2v) is 2.72. The van der Waals surface area contributed by atoms with Gasteiger partial charge in [-0.25, -0.2) is 0 Å². The molecule has 0 aromatic carbocycles. The van der Waals surface area contributed by atoms with Gasteiger partial charge in [-0.05, 0) is 0 Å². The molecule has 0 aromatic rings. The van der Waals surface area contributed by atoms with Crippen LogP contribution in [0.1, 0.15) is 0 Å². The molecule has 0 radical (unpaired) electrons. The molecule has 8 heteroatoms. The predicted molar refractivity (Wildman–Crippen MR) is 36.7 cm³/mol. The molecule has 0 aliphatic carbocycles. The fraction of sp³-hybridized carbons (Fsp3) is 1.00. The van der Waals surface area contributed by atoms with E-state index in [-0.39, 0.29) is 22.5 Å². The van der Waals surface area contributed by atoms with Crippen LogP contribution < -0.4 is 0 Å². The third-order valence-electron chi connectivity index (χ3n) is 1.87. The first-order chi connectivity index (χ1) is 5.57. The van der Waals surface area contributed by atoms with E-state index in [9.17, 15) is 0 Å². The number of rotatable bonds is 1. The van der Waals surface area contributed by atoms with Crippen LogP contribution in [0, 0.1) is 0 Å². The topological polar surface area (TPSA) is 139 Å². The molecule has 5 N–H and O–H groups in total. The first-order valence-electron chi connectivity index (χ1n) is 3.56. The van der Waals surface area contributed by atoms with Gasteiger partial charge in [0, 0.05) is 0 Å². The van der Waals surface area contributed by atoms with Crippen LogP contribution in [0.4, 0.5) is 0 Å². The number of aliphatic hydroxyl groups excluding tert-OH is 5. The zero-order chi connectivity index (χ0) is 9.30. The second kappa shape index (κ2) is 6.67. The predicted octanol–water partition coefficient (Wildman–Crippen LogP) is -3.34. The SMILES string of the molecule is OC[C@H]1OC(O)[C@@H](O)[C@@H](O)[C@@H]1O.[Fe+2].[O-2]. The Hall–Kier alpha value is 0.239. The Morgan fingerprint density at radius 3 is 1.86 bits per heavy atom. The summed E-state index contributed by atoms with van der Waals surface area (Å²) < 4.78 is 4.58. The van der Waals surface area contributed by atoms with Crippen LogP contribution >= 0.6 is 0 Å². The summed E-state index contributed by atoms with van der Waals surface area (Å²) in [6, 6.07) is 0. The van der Waals surface area contributed by atoms with Crippen molar-refractivity contribution in [3.05, 3.63) is 0 Å². The van der Waals surface area contributed by atoms with E-state index in [1.54, 1.807) is 0 Å². The van der Waals surface area contributed by atoms with Crippen LogP contribution in [0.3, 0.4) is 0 Å². The molecule has 0 amide bonds. The van der Waals surface area contributed by atoms with Gasteiger partial charge in [0.15, 0.2) is 6.29 Å². The number of hydrogen-bond acceptors (Lipinski definition) is 6. The van der Waals surface area contributed by atoms with Gasteiger partial charge in [-0.3, -0.25) is 0 Å². The van der Waals surface area contributed by atoms with Crippen molar-refractivity contribution in [3.8, 4) is 0 Å². The van der Waals surface area contributed by atoms with Gasteiger partial charge in [0.25, 0.3) is 0 Å². The summed E-state index contributed by atoms with van der Waals surface area (Å²) in [7, 11) is 0. The van der Waals surface area contributed by atoms with Crippen LogP contribution in [0.5, 0.6) is 0 Å². The van der Waals surface area contributed by atoms with Gasteiger partial charge >= 0.3 is 17.1 Å². The zero-order valence-electron chi connectivity index (χ0n) is 7.00. The van der Waals surface area contributed by atoms with Crippen LogP contribution in [-0.4, -0.2) is 62.8 Å². The Kier molecular flexibility index (Phi) is 7.94. The molecule has 0 aromatic heterocycles. The Morgan fingerprint density at radius 2 is 1.43 bits per heavy atom. The van der Waals surface area contributed by atoms with Crippen molar-refractivity contribution in [2.45, 2.75) is 30.7 Å². The van der Waals surface area contributed by atoms with E-state index in [0.717, 1.165) is 0 Å².